The Balaban J connectivity index is 1.27. The van der Waals surface area contributed by atoms with Crippen LogP contribution in [0.3, 0.4) is 0 Å². The van der Waals surface area contributed by atoms with E-state index in [4.69, 9.17) is 32.7 Å². The van der Waals surface area contributed by atoms with Crippen molar-refractivity contribution in [3.8, 4) is 17.6 Å². The van der Waals surface area contributed by atoms with Gasteiger partial charge in [0.1, 0.15) is 12.4 Å². The third kappa shape index (κ3) is 7.11. The lowest BCUT2D eigenvalue weighted by Gasteiger charge is -2.11. The lowest BCUT2D eigenvalue weighted by Crippen LogP contribution is -2.24. The molecule has 4 rings (SSSR count). The molecule has 36 heavy (non-hydrogen) atoms. The maximum atomic E-state index is 12.1. The maximum absolute atomic E-state index is 12.1. The van der Waals surface area contributed by atoms with E-state index in [0.29, 0.717) is 27.2 Å². The SMILES string of the molecule is N#Cc1ccccc1COc1c(Cl)cc(/C=N\NC(=O)COc2ccc(C3SCCS3)cc2)cc1Cl. The molecule has 1 aliphatic rings. The Bertz CT molecular complexity index is 1270. The summed E-state index contributed by atoms with van der Waals surface area (Å²) in [6, 6.07) is 20.3. The number of amides is 1. The number of ether oxygens (including phenoxy) is 2. The lowest BCUT2D eigenvalue weighted by molar-refractivity contribution is -0.123. The molecule has 3 aromatic carbocycles. The number of nitrogens with one attached hydrogen (secondary N) is 1. The van der Waals surface area contributed by atoms with Gasteiger partial charge in [0.15, 0.2) is 12.4 Å². The predicted octanol–water partition coefficient (Wildman–Crippen LogP) is 6.45. The van der Waals surface area contributed by atoms with E-state index in [2.05, 4.69) is 16.6 Å². The molecule has 3 aromatic rings. The van der Waals surface area contributed by atoms with E-state index in [9.17, 15) is 10.1 Å². The van der Waals surface area contributed by atoms with Gasteiger partial charge in [0.25, 0.3) is 5.91 Å². The Morgan fingerprint density at radius 1 is 1.08 bits per heavy atom. The van der Waals surface area contributed by atoms with Crippen LogP contribution in [0.15, 0.2) is 65.8 Å². The van der Waals surface area contributed by atoms with Crippen LogP contribution in [-0.4, -0.2) is 30.2 Å². The van der Waals surface area contributed by atoms with E-state index >= 15 is 0 Å². The second-order valence-electron chi connectivity index (χ2n) is 7.60. The maximum Gasteiger partial charge on any atom is 0.277 e. The largest absolute Gasteiger partial charge is 0.486 e. The minimum absolute atomic E-state index is 0.147. The second kappa shape index (κ2) is 12.9. The molecule has 0 spiro atoms. The van der Waals surface area contributed by atoms with Crippen molar-refractivity contribution in [3.63, 3.8) is 0 Å². The Hall–Kier alpha value is -2.83. The van der Waals surface area contributed by atoms with Gasteiger partial charge in [-0.3, -0.25) is 4.79 Å². The standard InChI is InChI=1S/C26H21Cl2N3O3S2/c27-22-11-17(12-23(28)25(22)34-15-20-4-2-1-3-19(20)13-29)14-30-31-24(32)16-33-21-7-5-18(6-8-21)26-35-9-10-36-26/h1-8,11-12,14,26H,9-10,15-16H2,(H,31,32)/b30-14-. The van der Waals surface area contributed by atoms with Crippen molar-refractivity contribution in [1.29, 1.82) is 5.26 Å². The topological polar surface area (TPSA) is 83.7 Å². The Kier molecular flexibility index (Phi) is 9.42. The number of carbonyl (C=O) groups is 1. The molecular formula is C26H21Cl2N3O3S2. The van der Waals surface area contributed by atoms with Crippen LogP contribution in [0.4, 0.5) is 0 Å². The number of carbonyl (C=O) groups excluding carboxylic acids is 1. The molecule has 184 valence electrons. The van der Waals surface area contributed by atoms with Gasteiger partial charge in [-0.05, 0) is 41.5 Å². The molecule has 0 radical (unpaired) electrons. The van der Waals surface area contributed by atoms with Gasteiger partial charge < -0.3 is 9.47 Å². The van der Waals surface area contributed by atoms with Crippen molar-refractivity contribution in [3.05, 3.63) is 93.0 Å². The summed E-state index contributed by atoms with van der Waals surface area (Å²) in [5.41, 5.74) is 5.50. The van der Waals surface area contributed by atoms with Gasteiger partial charge in [0, 0.05) is 17.1 Å². The molecular weight excluding hydrogens is 537 g/mol. The summed E-state index contributed by atoms with van der Waals surface area (Å²) in [5.74, 6) is 2.87. The van der Waals surface area contributed by atoms with E-state index < -0.39 is 5.91 Å². The van der Waals surface area contributed by atoms with Gasteiger partial charge in [0.05, 0.1) is 32.5 Å². The Labute approximate surface area is 228 Å². The minimum Gasteiger partial charge on any atom is -0.486 e. The first-order chi connectivity index (χ1) is 17.5. The fraction of sp³-hybridized carbons (Fsp3) is 0.192. The van der Waals surface area contributed by atoms with Crippen LogP contribution in [0.25, 0.3) is 0 Å². The fourth-order valence-corrected chi connectivity index (χ4v) is 6.80. The highest BCUT2D eigenvalue weighted by Crippen LogP contribution is 2.45. The number of rotatable bonds is 9. The smallest absolute Gasteiger partial charge is 0.277 e. The van der Waals surface area contributed by atoms with E-state index in [-0.39, 0.29) is 23.3 Å². The summed E-state index contributed by atoms with van der Waals surface area (Å²) in [7, 11) is 0. The van der Waals surface area contributed by atoms with Crippen molar-refractivity contribution in [2.24, 2.45) is 5.10 Å². The summed E-state index contributed by atoms with van der Waals surface area (Å²) >= 11 is 16.6. The summed E-state index contributed by atoms with van der Waals surface area (Å²) in [6.45, 7) is -0.0179. The third-order valence-electron chi connectivity index (χ3n) is 5.08. The molecule has 10 heteroatoms. The van der Waals surface area contributed by atoms with E-state index in [1.54, 1.807) is 30.3 Å². The molecule has 0 saturated carbocycles. The molecule has 0 aliphatic carbocycles. The van der Waals surface area contributed by atoms with Crippen LogP contribution >= 0.6 is 46.7 Å². The molecule has 1 N–H and O–H groups in total. The van der Waals surface area contributed by atoms with Crippen LogP contribution in [-0.2, 0) is 11.4 Å². The number of hydrogen-bond donors (Lipinski definition) is 1. The summed E-state index contributed by atoms with van der Waals surface area (Å²) in [4.78, 5) is 12.1. The van der Waals surface area contributed by atoms with Gasteiger partial charge in [0.2, 0.25) is 0 Å². The first-order valence-electron chi connectivity index (χ1n) is 10.9. The molecule has 1 fully saturated rings. The van der Waals surface area contributed by atoms with Crippen molar-refractivity contribution in [2.45, 2.75) is 11.2 Å². The predicted molar refractivity (Wildman–Crippen MR) is 147 cm³/mol. The third-order valence-corrected chi connectivity index (χ3v) is 8.74. The van der Waals surface area contributed by atoms with Crippen molar-refractivity contribution in [1.82, 2.24) is 5.43 Å². The van der Waals surface area contributed by atoms with E-state index in [0.717, 1.165) is 5.56 Å². The number of benzene rings is 3. The van der Waals surface area contributed by atoms with E-state index in [1.165, 1.54) is 23.3 Å². The number of thioether (sulfide) groups is 2. The highest BCUT2D eigenvalue weighted by molar-refractivity contribution is 8.19. The van der Waals surface area contributed by atoms with Crippen molar-refractivity contribution >= 4 is 58.8 Å². The highest BCUT2D eigenvalue weighted by atomic mass is 35.5. The molecule has 1 amide bonds. The van der Waals surface area contributed by atoms with Gasteiger partial charge in [-0.1, -0.05) is 53.5 Å². The molecule has 6 nitrogen and oxygen atoms in total. The average molecular weight is 559 g/mol. The van der Waals surface area contributed by atoms with Gasteiger partial charge in [-0.25, -0.2) is 5.43 Å². The number of nitriles is 1. The molecule has 0 aromatic heterocycles. The van der Waals surface area contributed by atoms with Crippen molar-refractivity contribution < 1.29 is 14.3 Å². The number of hydrazone groups is 1. The van der Waals surface area contributed by atoms with Crippen molar-refractivity contribution in [2.75, 3.05) is 18.1 Å². The molecule has 1 aliphatic heterocycles. The zero-order valence-electron chi connectivity index (χ0n) is 18.9. The number of halogens is 2. The zero-order chi connectivity index (χ0) is 25.3. The second-order valence-corrected chi connectivity index (χ2v) is 11.1. The first kappa shape index (κ1) is 26.2. The average Bonchev–Trinajstić information content (AvgIpc) is 3.43. The lowest BCUT2D eigenvalue weighted by atomic mass is 10.1. The summed E-state index contributed by atoms with van der Waals surface area (Å²) in [5, 5.41) is 13.7. The fourth-order valence-electron chi connectivity index (χ4n) is 3.33. The van der Waals surface area contributed by atoms with Gasteiger partial charge >= 0.3 is 0 Å². The van der Waals surface area contributed by atoms with Gasteiger partial charge in [-0.2, -0.15) is 10.4 Å². The minimum atomic E-state index is -0.398. The summed E-state index contributed by atoms with van der Waals surface area (Å²) < 4.78 is 11.8. The molecule has 0 atom stereocenters. The molecule has 0 bridgehead atoms. The first-order valence-corrected chi connectivity index (χ1v) is 13.8. The normalized spacial score (nSPS) is 13.5. The van der Waals surface area contributed by atoms with Crippen LogP contribution < -0.4 is 14.9 Å². The molecule has 1 heterocycles. The van der Waals surface area contributed by atoms with Crippen LogP contribution in [0.5, 0.6) is 11.5 Å². The molecule has 0 unspecified atom stereocenters. The highest BCUT2D eigenvalue weighted by Gasteiger charge is 2.18. The number of nitrogens with zero attached hydrogens (tertiary/aromatic N) is 2. The monoisotopic (exact) mass is 557 g/mol. The molecule has 1 saturated heterocycles. The Morgan fingerprint density at radius 2 is 1.78 bits per heavy atom. The Morgan fingerprint density at radius 3 is 2.47 bits per heavy atom. The van der Waals surface area contributed by atoms with Crippen LogP contribution in [0, 0.1) is 11.3 Å². The zero-order valence-corrected chi connectivity index (χ0v) is 22.1. The van der Waals surface area contributed by atoms with Crippen LogP contribution in [0.2, 0.25) is 10.0 Å². The summed E-state index contributed by atoms with van der Waals surface area (Å²) in [6.07, 6.45) is 1.43. The van der Waals surface area contributed by atoms with Gasteiger partial charge in [-0.15, -0.1) is 23.5 Å². The van der Waals surface area contributed by atoms with Crippen LogP contribution in [0.1, 0.15) is 26.8 Å². The van der Waals surface area contributed by atoms with E-state index in [1.807, 2.05) is 53.9 Å². The number of hydrogen-bond acceptors (Lipinski definition) is 7. The quantitative estimate of drug-likeness (QED) is 0.240.